The van der Waals surface area contributed by atoms with Crippen molar-refractivity contribution in [2.45, 2.75) is 51.2 Å². The van der Waals surface area contributed by atoms with Gasteiger partial charge >= 0.3 is 0 Å². The van der Waals surface area contributed by atoms with E-state index in [4.69, 9.17) is 10.5 Å². The molecule has 1 heterocycles. The highest BCUT2D eigenvalue weighted by Crippen LogP contribution is 2.18. The molecule has 0 spiro atoms. The number of rotatable bonds is 6. The third kappa shape index (κ3) is 5.11. The first kappa shape index (κ1) is 17.0. The number of hydrogen-bond acceptors (Lipinski definition) is 3. The average molecular weight is 304 g/mol. The quantitative estimate of drug-likeness (QED) is 0.879. The third-order valence-corrected chi connectivity index (χ3v) is 4.21. The lowest BCUT2D eigenvalue weighted by atomic mass is 10.0. The van der Waals surface area contributed by atoms with Crippen LogP contribution in [0, 0.1) is 0 Å². The minimum atomic E-state index is -0.218. The Labute approximate surface area is 133 Å². The standard InChI is InChI=1S/C18H28N2O2/c1-2-13-22-16-9-6-11-20(12-10-16)18(21)14-17(19)15-7-4-3-5-8-15/h3-5,7-8,16-17H,2,6,9-14,19H2,1H3. The summed E-state index contributed by atoms with van der Waals surface area (Å²) >= 11 is 0. The van der Waals surface area contributed by atoms with Gasteiger partial charge in [0.2, 0.25) is 5.91 Å². The van der Waals surface area contributed by atoms with E-state index < -0.39 is 0 Å². The fraction of sp³-hybridized carbons (Fsp3) is 0.611. The first-order chi connectivity index (χ1) is 10.7. The zero-order valence-electron chi connectivity index (χ0n) is 13.5. The number of carbonyl (C=O) groups is 1. The van der Waals surface area contributed by atoms with Crippen LogP contribution in [0.5, 0.6) is 0 Å². The van der Waals surface area contributed by atoms with Crippen molar-refractivity contribution in [3.63, 3.8) is 0 Å². The molecule has 1 amide bonds. The van der Waals surface area contributed by atoms with Gasteiger partial charge in [0.05, 0.1) is 6.10 Å². The Morgan fingerprint density at radius 1 is 1.32 bits per heavy atom. The van der Waals surface area contributed by atoms with E-state index in [9.17, 15) is 4.79 Å². The molecule has 1 aromatic rings. The van der Waals surface area contributed by atoms with Crippen molar-refractivity contribution in [1.82, 2.24) is 4.90 Å². The van der Waals surface area contributed by atoms with Crippen LogP contribution in [0.4, 0.5) is 0 Å². The highest BCUT2D eigenvalue weighted by molar-refractivity contribution is 5.77. The molecule has 0 radical (unpaired) electrons. The number of amides is 1. The number of likely N-dealkylation sites (tertiary alicyclic amines) is 1. The van der Waals surface area contributed by atoms with Gasteiger partial charge in [-0.25, -0.2) is 0 Å². The Hall–Kier alpha value is -1.39. The van der Waals surface area contributed by atoms with Crippen molar-refractivity contribution in [3.05, 3.63) is 35.9 Å². The fourth-order valence-corrected chi connectivity index (χ4v) is 2.90. The van der Waals surface area contributed by atoms with E-state index in [2.05, 4.69) is 6.92 Å². The Kier molecular flexibility index (Phi) is 6.87. The number of hydrogen-bond donors (Lipinski definition) is 1. The molecule has 1 aliphatic rings. The molecule has 1 fully saturated rings. The predicted octanol–water partition coefficient (Wildman–Crippen LogP) is 2.88. The second kappa shape index (κ2) is 8.91. The van der Waals surface area contributed by atoms with Crippen LogP contribution in [0.25, 0.3) is 0 Å². The molecule has 2 N–H and O–H groups in total. The molecule has 2 rings (SSSR count). The fourth-order valence-electron chi connectivity index (χ4n) is 2.90. The van der Waals surface area contributed by atoms with Crippen molar-refractivity contribution in [1.29, 1.82) is 0 Å². The predicted molar refractivity (Wildman–Crippen MR) is 88.4 cm³/mol. The zero-order chi connectivity index (χ0) is 15.8. The van der Waals surface area contributed by atoms with Gasteiger partial charge in [-0.15, -0.1) is 0 Å². The Balaban J connectivity index is 1.82. The normalized spacial score (nSPS) is 20.5. The van der Waals surface area contributed by atoms with Crippen molar-refractivity contribution < 1.29 is 9.53 Å². The van der Waals surface area contributed by atoms with Crippen LogP contribution < -0.4 is 5.73 Å². The number of nitrogens with two attached hydrogens (primary N) is 1. The average Bonchev–Trinajstić information content (AvgIpc) is 2.79. The summed E-state index contributed by atoms with van der Waals surface area (Å²) in [6.07, 6.45) is 4.73. The first-order valence-corrected chi connectivity index (χ1v) is 8.40. The lowest BCUT2D eigenvalue weighted by Crippen LogP contribution is -2.34. The van der Waals surface area contributed by atoms with Crippen LogP contribution in [0.3, 0.4) is 0 Å². The topological polar surface area (TPSA) is 55.6 Å². The van der Waals surface area contributed by atoms with Gasteiger partial charge in [-0.2, -0.15) is 0 Å². The number of carbonyl (C=O) groups excluding carboxylic acids is 1. The minimum absolute atomic E-state index is 0.160. The lowest BCUT2D eigenvalue weighted by Gasteiger charge is -2.22. The Morgan fingerprint density at radius 3 is 2.82 bits per heavy atom. The van der Waals surface area contributed by atoms with Crippen LogP contribution in [-0.2, 0) is 9.53 Å². The number of nitrogens with zero attached hydrogens (tertiary/aromatic N) is 1. The Morgan fingerprint density at radius 2 is 2.09 bits per heavy atom. The van der Waals surface area contributed by atoms with Crippen molar-refractivity contribution in [3.8, 4) is 0 Å². The summed E-state index contributed by atoms with van der Waals surface area (Å²) in [5.74, 6) is 0.160. The second-order valence-electron chi connectivity index (χ2n) is 6.03. The van der Waals surface area contributed by atoms with E-state index in [1.807, 2.05) is 35.2 Å². The summed E-state index contributed by atoms with van der Waals surface area (Å²) in [6, 6.07) is 9.62. The van der Waals surface area contributed by atoms with Gasteiger partial charge in [-0.05, 0) is 31.2 Å². The maximum Gasteiger partial charge on any atom is 0.224 e. The van der Waals surface area contributed by atoms with E-state index in [1.165, 1.54) is 0 Å². The summed E-state index contributed by atoms with van der Waals surface area (Å²) in [5.41, 5.74) is 7.19. The minimum Gasteiger partial charge on any atom is -0.378 e. The molecule has 122 valence electrons. The van der Waals surface area contributed by atoms with E-state index in [1.54, 1.807) is 0 Å². The molecular weight excluding hydrogens is 276 g/mol. The summed E-state index contributed by atoms with van der Waals surface area (Å²) in [5, 5.41) is 0. The molecule has 0 bridgehead atoms. The molecule has 22 heavy (non-hydrogen) atoms. The molecular formula is C18H28N2O2. The van der Waals surface area contributed by atoms with Crippen molar-refractivity contribution in [2.24, 2.45) is 5.73 Å². The summed E-state index contributed by atoms with van der Waals surface area (Å²) < 4.78 is 5.83. The third-order valence-electron chi connectivity index (χ3n) is 4.21. The van der Waals surface area contributed by atoms with E-state index in [-0.39, 0.29) is 11.9 Å². The maximum absolute atomic E-state index is 12.5. The highest BCUT2D eigenvalue weighted by atomic mass is 16.5. The lowest BCUT2D eigenvalue weighted by molar-refractivity contribution is -0.131. The van der Waals surface area contributed by atoms with Crippen LogP contribution in [0.1, 0.15) is 50.6 Å². The number of benzene rings is 1. The van der Waals surface area contributed by atoms with E-state index >= 15 is 0 Å². The first-order valence-electron chi connectivity index (χ1n) is 8.40. The van der Waals surface area contributed by atoms with Gasteiger partial charge in [0, 0.05) is 32.2 Å². The van der Waals surface area contributed by atoms with Crippen molar-refractivity contribution in [2.75, 3.05) is 19.7 Å². The molecule has 0 saturated carbocycles. The molecule has 4 nitrogen and oxygen atoms in total. The summed E-state index contributed by atoms with van der Waals surface area (Å²) in [4.78, 5) is 14.4. The molecule has 1 saturated heterocycles. The molecule has 0 aliphatic carbocycles. The van der Waals surface area contributed by atoms with Gasteiger partial charge in [-0.3, -0.25) is 4.79 Å². The van der Waals surface area contributed by atoms with Gasteiger partial charge in [0.1, 0.15) is 0 Å². The summed E-state index contributed by atoms with van der Waals surface area (Å²) in [7, 11) is 0. The molecule has 4 heteroatoms. The van der Waals surface area contributed by atoms with E-state index in [0.29, 0.717) is 12.5 Å². The SMILES string of the molecule is CCCOC1CCCN(C(=O)CC(N)c2ccccc2)CC1. The molecule has 1 aliphatic heterocycles. The largest absolute Gasteiger partial charge is 0.378 e. The maximum atomic E-state index is 12.5. The zero-order valence-corrected chi connectivity index (χ0v) is 13.5. The van der Waals surface area contributed by atoms with Gasteiger partial charge in [0.15, 0.2) is 0 Å². The van der Waals surface area contributed by atoms with Gasteiger partial charge < -0.3 is 15.4 Å². The van der Waals surface area contributed by atoms with Crippen LogP contribution in [-0.4, -0.2) is 36.6 Å². The van der Waals surface area contributed by atoms with E-state index in [0.717, 1.165) is 50.9 Å². The van der Waals surface area contributed by atoms with Crippen LogP contribution in [0.15, 0.2) is 30.3 Å². The highest BCUT2D eigenvalue weighted by Gasteiger charge is 2.22. The Bertz CT molecular complexity index is 450. The number of ether oxygens (including phenoxy) is 1. The van der Waals surface area contributed by atoms with Gasteiger partial charge in [0.25, 0.3) is 0 Å². The van der Waals surface area contributed by atoms with Crippen molar-refractivity contribution >= 4 is 5.91 Å². The van der Waals surface area contributed by atoms with Crippen LogP contribution in [0.2, 0.25) is 0 Å². The summed E-state index contributed by atoms with van der Waals surface area (Å²) in [6.45, 7) is 4.55. The molecule has 0 aromatic heterocycles. The second-order valence-corrected chi connectivity index (χ2v) is 6.03. The van der Waals surface area contributed by atoms with Gasteiger partial charge in [-0.1, -0.05) is 37.3 Å². The smallest absolute Gasteiger partial charge is 0.224 e. The van der Waals surface area contributed by atoms with Crippen LogP contribution >= 0.6 is 0 Å². The molecule has 1 aromatic carbocycles. The molecule has 2 unspecified atom stereocenters. The monoisotopic (exact) mass is 304 g/mol. The molecule has 2 atom stereocenters.